The molecular weight excluding hydrogens is 296 g/mol. The number of carbonyl (C=O) groups is 1. The van der Waals surface area contributed by atoms with Crippen LogP contribution in [-0.2, 0) is 14.8 Å². The van der Waals surface area contributed by atoms with Gasteiger partial charge < -0.3 is 16.6 Å². The molecule has 9 heteroatoms. The summed E-state index contributed by atoms with van der Waals surface area (Å²) in [5.41, 5.74) is 10.3. The molecule has 6 N–H and O–H groups in total. The predicted molar refractivity (Wildman–Crippen MR) is 78.1 cm³/mol. The summed E-state index contributed by atoms with van der Waals surface area (Å²) in [6, 6.07) is 6.33. The van der Waals surface area contributed by atoms with E-state index >= 15 is 0 Å². The first-order chi connectivity index (χ1) is 9.83. The summed E-state index contributed by atoms with van der Waals surface area (Å²) in [4.78, 5) is 14.9. The molecule has 0 radical (unpaired) electrons. The molecule has 0 aliphatic carbocycles. The van der Waals surface area contributed by atoms with E-state index in [4.69, 9.17) is 16.6 Å². The average molecular weight is 314 g/mol. The van der Waals surface area contributed by atoms with Crippen molar-refractivity contribution >= 4 is 22.0 Å². The number of hydrogen-bond donors (Lipinski definition) is 4. The van der Waals surface area contributed by atoms with Crippen molar-refractivity contribution in [1.82, 2.24) is 4.72 Å². The van der Waals surface area contributed by atoms with Crippen LogP contribution in [-0.4, -0.2) is 38.0 Å². The summed E-state index contributed by atoms with van der Waals surface area (Å²) >= 11 is 0. The lowest BCUT2D eigenvalue weighted by Crippen LogP contribution is -2.40. The third-order valence-electron chi connectivity index (χ3n) is 2.59. The Balaban J connectivity index is 2.70. The van der Waals surface area contributed by atoms with Gasteiger partial charge in [-0.1, -0.05) is 18.2 Å². The van der Waals surface area contributed by atoms with Crippen molar-refractivity contribution in [2.75, 3.05) is 6.54 Å². The Morgan fingerprint density at radius 1 is 1.29 bits per heavy atom. The molecule has 1 rings (SSSR count). The molecule has 0 aliphatic heterocycles. The van der Waals surface area contributed by atoms with E-state index in [2.05, 4.69) is 9.71 Å². The van der Waals surface area contributed by atoms with Crippen LogP contribution in [0.3, 0.4) is 0 Å². The molecule has 0 saturated carbocycles. The van der Waals surface area contributed by atoms with E-state index in [0.717, 1.165) is 0 Å². The molecule has 0 aliphatic rings. The maximum absolute atomic E-state index is 12.0. The molecule has 1 aromatic carbocycles. The smallest absolute Gasteiger partial charge is 0.321 e. The second-order valence-electron chi connectivity index (χ2n) is 4.27. The van der Waals surface area contributed by atoms with Crippen LogP contribution in [0.5, 0.6) is 0 Å². The predicted octanol–water partition coefficient (Wildman–Crippen LogP) is -0.528. The van der Waals surface area contributed by atoms with Gasteiger partial charge >= 0.3 is 5.97 Å². The Hall–Kier alpha value is -2.13. The summed E-state index contributed by atoms with van der Waals surface area (Å²) < 4.78 is 26.3. The first-order valence-corrected chi connectivity index (χ1v) is 7.67. The molecule has 21 heavy (non-hydrogen) atoms. The zero-order valence-corrected chi connectivity index (χ0v) is 12.1. The van der Waals surface area contributed by atoms with Crippen molar-refractivity contribution in [2.24, 2.45) is 16.5 Å². The highest BCUT2D eigenvalue weighted by Crippen LogP contribution is 2.10. The molecule has 1 aromatic rings. The molecule has 0 saturated heterocycles. The van der Waals surface area contributed by atoms with Crippen LogP contribution in [0.25, 0.3) is 0 Å². The normalized spacial score (nSPS) is 12.6. The van der Waals surface area contributed by atoms with E-state index in [1.165, 1.54) is 12.1 Å². The van der Waals surface area contributed by atoms with Crippen LogP contribution in [0.2, 0.25) is 0 Å². The highest BCUT2D eigenvalue weighted by atomic mass is 32.2. The van der Waals surface area contributed by atoms with Crippen LogP contribution in [0.1, 0.15) is 12.8 Å². The lowest BCUT2D eigenvalue weighted by atomic mass is 10.2. The van der Waals surface area contributed by atoms with Gasteiger partial charge in [0, 0.05) is 6.54 Å². The number of rotatable bonds is 8. The quantitative estimate of drug-likeness (QED) is 0.288. The minimum Gasteiger partial charge on any atom is -0.480 e. The van der Waals surface area contributed by atoms with Gasteiger partial charge in [0.1, 0.15) is 6.04 Å². The Kier molecular flexibility index (Phi) is 6.12. The summed E-state index contributed by atoms with van der Waals surface area (Å²) in [6.07, 6.45) is 0.421. The number of sulfonamides is 1. The van der Waals surface area contributed by atoms with Crippen LogP contribution >= 0.6 is 0 Å². The highest BCUT2D eigenvalue weighted by Gasteiger charge is 2.24. The number of aliphatic imine (C=N–C) groups is 1. The van der Waals surface area contributed by atoms with Crippen molar-refractivity contribution in [3.05, 3.63) is 30.3 Å². The van der Waals surface area contributed by atoms with Crippen molar-refractivity contribution in [1.29, 1.82) is 0 Å². The zero-order valence-electron chi connectivity index (χ0n) is 11.3. The average Bonchev–Trinajstić information content (AvgIpc) is 2.42. The number of nitrogens with one attached hydrogen (secondary N) is 1. The van der Waals surface area contributed by atoms with E-state index in [-0.39, 0.29) is 23.8 Å². The maximum Gasteiger partial charge on any atom is 0.321 e. The molecule has 0 fully saturated rings. The van der Waals surface area contributed by atoms with Gasteiger partial charge in [0.25, 0.3) is 0 Å². The van der Waals surface area contributed by atoms with E-state index in [9.17, 15) is 13.2 Å². The van der Waals surface area contributed by atoms with Gasteiger partial charge in [0.15, 0.2) is 5.96 Å². The number of hydrogen-bond acceptors (Lipinski definition) is 4. The van der Waals surface area contributed by atoms with Crippen molar-refractivity contribution in [3.63, 3.8) is 0 Å². The number of guanidine groups is 1. The topological polar surface area (TPSA) is 148 Å². The Morgan fingerprint density at radius 3 is 2.43 bits per heavy atom. The van der Waals surface area contributed by atoms with Crippen LogP contribution in [0.4, 0.5) is 0 Å². The number of carboxylic acid groups (broad SMARTS) is 1. The third kappa shape index (κ3) is 5.79. The molecule has 0 heterocycles. The number of benzene rings is 1. The Labute approximate surface area is 122 Å². The van der Waals surface area contributed by atoms with Gasteiger partial charge in [-0.25, -0.2) is 8.42 Å². The van der Waals surface area contributed by atoms with E-state index < -0.39 is 22.0 Å². The van der Waals surface area contributed by atoms with Gasteiger partial charge in [-0.05, 0) is 25.0 Å². The summed E-state index contributed by atoms with van der Waals surface area (Å²) in [5.74, 6) is -1.34. The Bertz CT molecular complexity index is 597. The van der Waals surface area contributed by atoms with Crippen molar-refractivity contribution < 1.29 is 18.3 Å². The maximum atomic E-state index is 12.0. The van der Waals surface area contributed by atoms with Gasteiger partial charge in [-0.3, -0.25) is 9.79 Å². The monoisotopic (exact) mass is 314 g/mol. The molecule has 0 amide bonds. The number of nitrogens with two attached hydrogens (primary N) is 2. The van der Waals surface area contributed by atoms with E-state index in [1.54, 1.807) is 18.2 Å². The molecular formula is C12H18N4O4S. The fourth-order valence-corrected chi connectivity index (χ4v) is 2.84. The van der Waals surface area contributed by atoms with Gasteiger partial charge in [-0.2, -0.15) is 4.72 Å². The van der Waals surface area contributed by atoms with Gasteiger partial charge in [0.2, 0.25) is 10.0 Å². The molecule has 1 atom stereocenters. The fourth-order valence-electron chi connectivity index (χ4n) is 1.59. The van der Waals surface area contributed by atoms with Crippen LogP contribution in [0, 0.1) is 0 Å². The Morgan fingerprint density at radius 2 is 1.90 bits per heavy atom. The van der Waals surface area contributed by atoms with Crippen LogP contribution < -0.4 is 16.2 Å². The number of carboxylic acids is 1. The lowest BCUT2D eigenvalue weighted by Gasteiger charge is -2.14. The number of nitrogens with zero attached hydrogens (tertiary/aromatic N) is 1. The molecule has 0 unspecified atom stereocenters. The van der Waals surface area contributed by atoms with Gasteiger partial charge in [0.05, 0.1) is 4.90 Å². The van der Waals surface area contributed by atoms with Gasteiger partial charge in [-0.15, -0.1) is 0 Å². The van der Waals surface area contributed by atoms with E-state index in [1.807, 2.05) is 0 Å². The fraction of sp³-hybridized carbons (Fsp3) is 0.333. The first kappa shape index (κ1) is 16.9. The molecule has 8 nitrogen and oxygen atoms in total. The molecule has 0 bridgehead atoms. The summed E-state index contributed by atoms with van der Waals surface area (Å²) in [5, 5.41) is 9.08. The molecule has 116 valence electrons. The summed E-state index contributed by atoms with van der Waals surface area (Å²) in [6.45, 7) is 0.235. The highest BCUT2D eigenvalue weighted by molar-refractivity contribution is 7.89. The van der Waals surface area contributed by atoms with E-state index in [0.29, 0.717) is 6.42 Å². The van der Waals surface area contributed by atoms with Crippen molar-refractivity contribution in [3.8, 4) is 0 Å². The van der Waals surface area contributed by atoms with Crippen LogP contribution in [0.15, 0.2) is 40.2 Å². The molecule has 0 spiro atoms. The standard InChI is InChI=1S/C12H18N4O4S/c13-12(14)15-8-4-7-10(11(17)18)16-21(19,20)9-5-2-1-3-6-9/h1-3,5-6,10,16H,4,7-8H2,(H,17,18)(H4,13,14,15)/t10-/m0/s1. The minimum atomic E-state index is -3.87. The second kappa shape index (κ2) is 7.60. The number of aliphatic carboxylic acids is 1. The lowest BCUT2D eigenvalue weighted by molar-refractivity contribution is -0.139. The van der Waals surface area contributed by atoms with Crippen molar-refractivity contribution in [2.45, 2.75) is 23.8 Å². The summed E-state index contributed by atoms with van der Waals surface area (Å²) in [7, 11) is -3.87. The minimum absolute atomic E-state index is 0.0143. The SMILES string of the molecule is NC(N)=NCCC[C@H](NS(=O)(=O)c1ccccc1)C(=O)O. The second-order valence-corrected chi connectivity index (χ2v) is 5.99. The first-order valence-electron chi connectivity index (χ1n) is 6.18. The third-order valence-corrected chi connectivity index (χ3v) is 4.08. The zero-order chi connectivity index (χ0) is 15.9. The molecule has 0 aromatic heterocycles. The largest absolute Gasteiger partial charge is 0.480 e.